The third kappa shape index (κ3) is 3.70. The fraction of sp³-hybridized carbons (Fsp3) is 1.00. The van der Waals surface area contributed by atoms with E-state index in [0.29, 0.717) is 6.04 Å². The van der Waals surface area contributed by atoms with Crippen LogP contribution in [0.1, 0.15) is 39.5 Å². The van der Waals surface area contributed by atoms with E-state index in [1.807, 2.05) is 6.92 Å². The molecule has 0 saturated heterocycles. The molecule has 1 fully saturated rings. The molecule has 3 heteroatoms. The van der Waals surface area contributed by atoms with Crippen LogP contribution in [0.4, 0.5) is 0 Å². The summed E-state index contributed by atoms with van der Waals surface area (Å²) in [4.78, 5) is 0. The Bertz CT molecular complexity index is 184. The van der Waals surface area contributed by atoms with Crippen LogP contribution in [0, 0.1) is 5.92 Å². The summed E-state index contributed by atoms with van der Waals surface area (Å²) in [5.74, 6) is 2.48. The smallest absolute Gasteiger partial charge is 0.0360 e. The van der Waals surface area contributed by atoms with Crippen molar-refractivity contribution in [3.8, 4) is 0 Å². The molecular weight excluding hydrogens is 194 g/mol. The lowest BCUT2D eigenvalue weighted by Crippen LogP contribution is -2.34. The molecule has 1 aliphatic rings. The van der Waals surface area contributed by atoms with Crippen molar-refractivity contribution in [2.24, 2.45) is 5.92 Å². The average molecular weight is 217 g/mol. The average Bonchev–Trinajstić information content (AvgIpc) is 2.65. The van der Waals surface area contributed by atoms with Crippen LogP contribution >= 0.6 is 0 Å². The molecule has 0 spiro atoms. The van der Waals surface area contributed by atoms with Crippen LogP contribution in [0.25, 0.3) is 0 Å². The fourth-order valence-corrected chi connectivity index (χ4v) is 2.93. The second-order valence-electron chi connectivity index (χ2n) is 4.09. The Morgan fingerprint density at radius 3 is 2.79 bits per heavy atom. The number of rotatable bonds is 6. The van der Waals surface area contributed by atoms with Gasteiger partial charge in [-0.3, -0.25) is 4.21 Å². The van der Waals surface area contributed by atoms with Crippen LogP contribution in [-0.2, 0) is 10.8 Å². The molecule has 0 bridgehead atoms. The lowest BCUT2D eigenvalue weighted by Gasteiger charge is -2.19. The molecule has 1 aliphatic carbocycles. The SMILES string of the molecule is CCC1CCCC1NCCS(=O)CC. The zero-order valence-electron chi connectivity index (χ0n) is 9.42. The Hall–Kier alpha value is 0.110. The summed E-state index contributed by atoms with van der Waals surface area (Å²) in [6, 6.07) is 0.703. The van der Waals surface area contributed by atoms with Gasteiger partial charge in [0.25, 0.3) is 0 Å². The van der Waals surface area contributed by atoms with E-state index in [1.165, 1.54) is 25.7 Å². The van der Waals surface area contributed by atoms with Crippen LogP contribution in [0.2, 0.25) is 0 Å². The molecule has 14 heavy (non-hydrogen) atoms. The molecule has 1 rings (SSSR count). The molecule has 0 heterocycles. The highest BCUT2D eigenvalue weighted by Gasteiger charge is 2.24. The number of hydrogen-bond donors (Lipinski definition) is 1. The first-order valence-electron chi connectivity index (χ1n) is 5.86. The van der Waals surface area contributed by atoms with Gasteiger partial charge in [0.2, 0.25) is 0 Å². The maximum atomic E-state index is 11.2. The van der Waals surface area contributed by atoms with Crippen molar-refractivity contribution in [2.75, 3.05) is 18.1 Å². The summed E-state index contributed by atoms with van der Waals surface area (Å²) in [5, 5.41) is 3.55. The van der Waals surface area contributed by atoms with Crippen LogP contribution in [0.5, 0.6) is 0 Å². The predicted molar refractivity (Wildman–Crippen MR) is 63.0 cm³/mol. The van der Waals surface area contributed by atoms with Crippen LogP contribution in [-0.4, -0.2) is 28.3 Å². The summed E-state index contributed by atoms with van der Waals surface area (Å²) in [6.45, 7) is 5.19. The molecule has 3 unspecified atom stereocenters. The van der Waals surface area contributed by atoms with Gasteiger partial charge in [-0.1, -0.05) is 26.7 Å². The second-order valence-corrected chi connectivity index (χ2v) is 5.96. The third-order valence-corrected chi connectivity index (χ3v) is 4.55. The topological polar surface area (TPSA) is 29.1 Å². The van der Waals surface area contributed by atoms with E-state index < -0.39 is 10.8 Å². The van der Waals surface area contributed by atoms with Crippen LogP contribution < -0.4 is 5.32 Å². The zero-order chi connectivity index (χ0) is 10.4. The standard InChI is InChI=1S/C11H23NOS/c1-3-10-6-5-7-11(10)12-8-9-14(13)4-2/h10-12H,3-9H2,1-2H3. The highest BCUT2D eigenvalue weighted by atomic mass is 32.2. The molecule has 0 aromatic rings. The number of hydrogen-bond acceptors (Lipinski definition) is 2. The highest BCUT2D eigenvalue weighted by molar-refractivity contribution is 7.84. The quantitative estimate of drug-likeness (QED) is 0.736. The maximum absolute atomic E-state index is 11.2. The summed E-state index contributed by atoms with van der Waals surface area (Å²) >= 11 is 0. The van der Waals surface area contributed by atoms with Gasteiger partial charge in [0.05, 0.1) is 0 Å². The lowest BCUT2D eigenvalue weighted by atomic mass is 10.0. The Labute approximate surface area is 90.3 Å². The fourth-order valence-electron chi connectivity index (χ4n) is 2.30. The van der Waals surface area contributed by atoms with Gasteiger partial charge >= 0.3 is 0 Å². The van der Waals surface area contributed by atoms with Gasteiger partial charge in [-0.05, 0) is 18.8 Å². The monoisotopic (exact) mass is 217 g/mol. The van der Waals surface area contributed by atoms with Gasteiger partial charge in [0.1, 0.15) is 0 Å². The van der Waals surface area contributed by atoms with E-state index >= 15 is 0 Å². The Kier molecular flexibility index (Phi) is 5.71. The summed E-state index contributed by atoms with van der Waals surface area (Å²) in [7, 11) is -0.603. The lowest BCUT2D eigenvalue weighted by molar-refractivity contribution is 0.399. The van der Waals surface area contributed by atoms with Crippen molar-refractivity contribution in [1.82, 2.24) is 5.32 Å². The predicted octanol–water partition coefficient (Wildman–Crippen LogP) is 1.92. The van der Waals surface area contributed by atoms with E-state index in [4.69, 9.17) is 0 Å². The maximum Gasteiger partial charge on any atom is 0.0360 e. The zero-order valence-corrected chi connectivity index (χ0v) is 10.2. The van der Waals surface area contributed by atoms with Gasteiger partial charge in [-0.25, -0.2) is 0 Å². The van der Waals surface area contributed by atoms with Crippen LogP contribution in [0.15, 0.2) is 0 Å². The molecule has 0 aromatic heterocycles. The molecule has 0 amide bonds. The molecule has 1 N–H and O–H groups in total. The first-order valence-corrected chi connectivity index (χ1v) is 7.35. The molecular formula is C11H23NOS. The molecule has 84 valence electrons. The van der Waals surface area contributed by atoms with E-state index in [9.17, 15) is 4.21 Å². The summed E-state index contributed by atoms with van der Waals surface area (Å²) < 4.78 is 11.2. The summed E-state index contributed by atoms with van der Waals surface area (Å²) in [5.41, 5.74) is 0. The van der Waals surface area contributed by atoms with Crippen molar-refractivity contribution in [3.05, 3.63) is 0 Å². The third-order valence-electron chi connectivity index (χ3n) is 3.24. The Balaban J connectivity index is 2.14. The van der Waals surface area contributed by atoms with Crippen molar-refractivity contribution in [3.63, 3.8) is 0 Å². The van der Waals surface area contributed by atoms with Crippen molar-refractivity contribution in [2.45, 2.75) is 45.6 Å². The van der Waals surface area contributed by atoms with Crippen molar-refractivity contribution < 1.29 is 4.21 Å². The van der Waals surface area contributed by atoms with Gasteiger partial charge in [0.15, 0.2) is 0 Å². The Morgan fingerprint density at radius 1 is 1.36 bits per heavy atom. The van der Waals surface area contributed by atoms with E-state index in [0.717, 1.165) is 24.0 Å². The normalized spacial score (nSPS) is 29.3. The first kappa shape index (κ1) is 12.2. The molecule has 0 radical (unpaired) electrons. The molecule has 2 nitrogen and oxygen atoms in total. The minimum absolute atomic E-state index is 0.603. The number of nitrogens with one attached hydrogen (secondary N) is 1. The highest BCUT2D eigenvalue weighted by Crippen LogP contribution is 2.27. The largest absolute Gasteiger partial charge is 0.313 e. The van der Waals surface area contributed by atoms with Crippen molar-refractivity contribution >= 4 is 10.8 Å². The minimum atomic E-state index is -0.603. The molecule has 0 aliphatic heterocycles. The van der Waals surface area contributed by atoms with E-state index in [1.54, 1.807) is 0 Å². The van der Waals surface area contributed by atoms with Gasteiger partial charge in [-0.2, -0.15) is 0 Å². The van der Waals surface area contributed by atoms with Crippen molar-refractivity contribution in [1.29, 1.82) is 0 Å². The Morgan fingerprint density at radius 2 is 2.14 bits per heavy atom. The minimum Gasteiger partial charge on any atom is -0.313 e. The molecule has 1 saturated carbocycles. The molecule has 3 atom stereocenters. The van der Waals surface area contributed by atoms with E-state index in [-0.39, 0.29) is 0 Å². The van der Waals surface area contributed by atoms with Gasteiger partial charge < -0.3 is 5.32 Å². The second kappa shape index (κ2) is 6.57. The van der Waals surface area contributed by atoms with Crippen LogP contribution in [0.3, 0.4) is 0 Å². The molecule has 0 aromatic carbocycles. The van der Waals surface area contributed by atoms with E-state index in [2.05, 4.69) is 12.2 Å². The van der Waals surface area contributed by atoms with Gasteiger partial charge in [-0.15, -0.1) is 0 Å². The summed E-state index contributed by atoms with van der Waals surface area (Å²) in [6.07, 6.45) is 5.35. The first-order chi connectivity index (χ1) is 6.77. The van der Waals surface area contributed by atoms with Gasteiger partial charge in [0, 0.05) is 34.9 Å².